The molecule has 1 aromatic heterocycles. The van der Waals surface area contributed by atoms with Crippen molar-refractivity contribution in [2.45, 2.75) is 64.7 Å². The van der Waals surface area contributed by atoms with E-state index in [0.29, 0.717) is 10.3 Å². The van der Waals surface area contributed by atoms with E-state index in [1.807, 2.05) is 44.2 Å². The third-order valence-corrected chi connectivity index (χ3v) is 9.48. The molecule has 4 heteroatoms. The first-order valence-corrected chi connectivity index (χ1v) is 15.2. The first kappa shape index (κ1) is 29.4. The molecule has 0 spiro atoms. The van der Waals surface area contributed by atoms with Crippen LogP contribution < -0.4 is 0 Å². The van der Waals surface area contributed by atoms with E-state index in [4.69, 9.17) is 16.6 Å². The molecule has 0 radical (unpaired) electrons. The van der Waals surface area contributed by atoms with E-state index < -0.39 is 5.60 Å². The van der Waals surface area contributed by atoms with E-state index in [-0.39, 0.29) is 5.41 Å². The van der Waals surface area contributed by atoms with Crippen LogP contribution in [0.1, 0.15) is 80.7 Å². The van der Waals surface area contributed by atoms with Crippen molar-refractivity contribution in [3.05, 3.63) is 112 Å². The maximum atomic E-state index is 10.7. The van der Waals surface area contributed by atoms with Crippen LogP contribution in [-0.4, -0.2) is 15.8 Å². The van der Waals surface area contributed by atoms with Crippen LogP contribution in [0.25, 0.3) is 23.1 Å². The quantitative estimate of drug-likeness (QED) is 0.199. The first-order valence-electron chi connectivity index (χ1n) is 13.8. The Kier molecular flexibility index (Phi) is 9.59. The number of halogens is 1. The molecule has 1 unspecified atom stereocenters. The molecule has 0 saturated carbocycles. The van der Waals surface area contributed by atoms with Crippen LogP contribution in [0.2, 0.25) is 5.02 Å². The molecule has 0 amide bonds. The molecular weight excluding hydrogens is 518 g/mol. The highest BCUT2D eigenvalue weighted by atomic mass is 35.5. The second-order valence-electron chi connectivity index (χ2n) is 11.6. The summed E-state index contributed by atoms with van der Waals surface area (Å²) in [5.74, 6) is 1.10. The van der Waals surface area contributed by atoms with Crippen LogP contribution in [0.3, 0.4) is 0 Å². The number of hydrogen-bond donors (Lipinski definition) is 1. The molecule has 4 aromatic rings. The predicted molar refractivity (Wildman–Crippen MR) is 171 cm³/mol. The number of hydrogen-bond acceptors (Lipinski definition) is 3. The van der Waals surface area contributed by atoms with Gasteiger partial charge >= 0.3 is 0 Å². The largest absolute Gasteiger partial charge is 0.386 e. The Morgan fingerprint density at radius 3 is 2.46 bits per heavy atom. The van der Waals surface area contributed by atoms with Crippen LogP contribution in [0.5, 0.6) is 0 Å². The molecule has 4 rings (SSSR count). The fourth-order valence-electron chi connectivity index (χ4n) is 4.64. The summed E-state index contributed by atoms with van der Waals surface area (Å²) in [5.41, 5.74) is 6.00. The highest BCUT2D eigenvalue weighted by Crippen LogP contribution is 2.39. The lowest BCUT2D eigenvalue weighted by molar-refractivity contribution is 0.0776. The molecule has 0 aliphatic rings. The topological polar surface area (TPSA) is 33.1 Å². The van der Waals surface area contributed by atoms with Gasteiger partial charge < -0.3 is 5.11 Å². The number of rotatable bonds is 11. The molecule has 0 fully saturated rings. The van der Waals surface area contributed by atoms with Crippen molar-refractivity contribution in [2.24, 2.45) is 5.41 Å². The van der Waals surface area contributed by atoms with Crippen molar-refractivity contribution in [2.75, 3.05) is 5.75 Å². The SMILES string of the molecule is CCC(C)(C)CSC(CCc1ccccc1C(C)(C)O)c1cccc(/C=C/c2ccc3ccc(Cl)cc3n2)c1. The molecule has 39 heavy (non-hydrogen) atoms. The van der Waals surface area contributed by atoms with Crippen LogP contribution >= 0.6 is 23.4 Å². The lowest BCUT2D eigenvalue weighted by Gasteiger charge is -2.27. The molecule has 1 atom stereocenters. The van der Waals surface area contributed by atoms with E-state index in [2.05, 4.69) is 93.2 Å². The van der Waals surface area contributed by atoms with Crippen LogP contribution in [0.4, 0.5) is 0 Å². The number of thioether (sulfide) groups is 1. The lowest BCUT2D eigenvalue weighted by Crippen LogP contribution is -2.18. The van der Waals surface area contributed by atoms with Crippen molar-refractivity contribution in [1.82, 2.24) is 4.98 Å². The molecule has 3 aromatic carbocycles. The second-order valence-corrected chi connectivity index (χ2v) is 13.3. The number of fused-ring (bicyclic) bond motifs is 1. The van der Waals surface area contributed by atoms with E-state index in [1.54, 1.807) is 0 Å². The van der Waals surface area contributed by atoms with E-state index >= 15 is 0 Å². The Hall–Kier alpha value is -2.59. The number of pyridine rings is 1. The van der Waals surface area contributed by atoms with Gasteiger partial charge in [-0.15, -0.1) is 0 Å². The Balaban J connectivity index is 1.57. The summed E-state index contributed by atoms with van der Waals surface area (Å²) in [4.78, 5) is 4.77. The minimum atomic E-state index is -0.851. The van der Waals surface area contributed by atoms with Crippen LogP contribution in [0.15, 0.2) is 78.9 Å². The number of benzene rings is 3. The third-order valence-electron chi connectivity index (χ3n) is 7.39. The fraction of sp³-hybridized carbons (Fsp3) is 0.343. The number of aromatic nitrogens is 1. The minimum Gasteiger partial charge on any atom is -0.386 e. The normalized spacial score (nSPS) is 13.3. The van der Waals surface area contributed by atoms with Crippen molar-refractivity contribution < 1.29 is 5.11 Å². The van der Waals surface area contributed by atoms with Crippen molar-refractivity contribution in [3.63, 3.8) is 0 Å². The lowest BCUT2D eigenvalue weighted by atomic mass is 9.90. The van der Waals surface area contributed by atoms with Gasteiger partial charge in [-0.05, 0) is 84.4 Å². The Morgan fingerprint density at radius 1 is 0.923 bits per heavy atom. The summed E-state index contributed by atoms with van der Waals surface area (Å²) >= 11 is 8.23. The van der Waals surface area contributed by atoms with Crippen LogP contribution in [0, 0.1) is 5.41 Å². The number of nitrogens with zero attached hydrogens (tertiary/aromatic N) is 1. The summed E-state index contributed by atoms with van der Waals surface area (Å²) in [6, 6.07) is 27.1. The van der Waals surface area contributed by atoms with E-state index in [9.17, 15) is 5.11 Å². The van der Waals surface area contributed by atoms with Gasteiger partial charge in [-0.25, -0.2) is 4.98 Å². The molecule has 1 N–H and O–H groups in total. The fourth-order valence-corrected chi connectivity index (χ4v) is 6.29. The van der Waals surface area contributed by atoms with Gasteiger partial charge in [0, 0.05) is 15.7 Å². The third kappa shape index (κ3) is 8.20. The Labute approximate surface area is 243 Å². The Bertz CT molecular complexity index is 1440. The summed E-state index contributed by atoms with van der Waals surface area (Å²) in [5, 5.41) is 12.9. The maximum absolute atomic E-state index is 10.7. The average Bonchev–Trinajstić information content (AvgIpc) is 2.91. The zero-order chi connectivity index (χ0) is 28.0. The molecule has 1 heterocycles. The molecule has 204 valence electrons. The molecule has 2 nitrogen and oxygen atoms in total. The second kappa shape index (κ2) is 12.7. The first-order chi connectivity index (χ1) is 18.5. The van der Waals surface area contributed by atoms with Crippen molar-refractivity contribution in [3.8, 4) is 0 Å². The number of aryl methyl sites for hydroxylation is 1. The van der Waals surface area contributed by atoms with Crippen molar-refractivity contribution in [1.29, 1.82) is 0 Å². The molecule has 0 aliphatic heterocycles. The molecular formula is C35H40ClNOS. The maximum Gasteiger partial charge on any atom is 0.0843 e. The van der Waals surface area contributed by atoms with E-state index in [1.165, 1.54) is 11.1 Å². The highest BCUT2D eigenvalue weighted by Gasteiger charge is 2.23. The summed E-state index contributed by atoms with van der Waals surface area (Å²) in [7, 11) is 0. The predicted octanol–water partition coefficient (Wildman–Crippen LogP) is 10.1. The van der Waals surface area contributed by atoms with Gasteiger partial charge in [-0.3, -0.25) is 0 Å². The monoisotopic (exact) mass is 557 g/mol. The average molecular weight is 558 g/mol. The standard InChI is InChI=1S/C35H40ClNOS/c1-6-34(2,3)24-39-33(21-17-26-11-7-8-13-31(26)35(4,5)38)28-12-9-10-25(22-28)14-19-30-20-16-27-15-18-29(36)23-32(27)37-30/h7-16,18-20,22-23,33,38H,6,17,21,24H2,1-5H3/b19-14+. The molecule has 0 bridgehead atoms. The van der Waals surface area contributed by atoms with Gasteiger partial charge in [0.2, 0.25) is 0 Å². The van der Waals surface area contributed by atoms with Gasteiger partial charge in [0.1, 0.15) is 0 Å². The van der Waals surface area contributed by atoms with Gasteiger partial charge in [-0.2, -0.15) is 11.8 Å². The molecule has 0 saturated heterocycles. The number of aliphatic hydroxyl groups is 1. The minimum absolute atomic E-state index is 0.288. The Morgan fingerprint density at radius 2 is 1.69 bits per heavy atom. The van der Waals surface area contributed by atoms with Crippen molar-refractivity contribution >= 4 is 46.4 Å². The smallest absolute Gasteiger partial charge is 0.0843 e. The van der Waals surface area contributed by atoms with Gasteiger partial charge in [-0.1, -0.05) is 106 Å². The summed E-state index contributed by atoms with van der Waals surface area (Å²) < 4.78 is 0. The van der Waals surface area contributed by atoms with Gasteiger partial charge in [0.05, 0.1) is 16.8 Å². The summed E-state index contributed by atoms with van der Waals surface area (Å²) in [6.07, 6.45) is 7.30. The van der Waals surface area contributed by atoms with Gasteiger partial charge in [0.25, 0.3) is 0 Å². The van der Waals surface area contributed by atoms with E-state index in [0.717, 1.165) is 52.7 Å². The molecule has 0 aliphatic carbocycles. The van der Waals surface area contributed by atoms with Gasteiger partial charge in [0.15, 0.2) is 0 Å². The van der Waals surface area contributed by atoms with Crippen LogP contribution in [-0.2, 0) is 12.0 Å². The zero-order valence-electron chi connectivity index (χ0n) is 23.7. The highest BCUT2D eigenvalue weighted by molar-refractivity contribution is 7.99. The zero-order valence-corrected chi connectivity index (χ0v) is 25.3. The summed E-state index contributed by atoms with van der Waals surface area (Å²) in [6.45, 7) is 10.7.